The summed E-state index contributed by atoms with van der Waals surface area (Å²) < 4.78 is 0. The molecule has 0 aromatic heterocycles. The molecule has 18 heavy (non-hydrogen) atoms. The third-order valence-corrected chi connectivity index (χ3v) is 3.99. The van der Waals surface area contributed by atoms with Crippen LogP contribution in [0.2, 0.25) is 0 Å². The Bertz CT molecular complexity index is 203. The molecule has 2 aliphatic heterocycles. The predicted octanol–water partition coefficient (Wildman–Crippen LogP) is 0.158. The van der Waals surface area contributed by atoms with E-state index in [0.29, 0.717) is 0 Å². The van der Waals surface area contributed by atoms with E-state index in [1.807, 2.05) is 0 Å². The molecule has 3 N–H and O–H groups in total. The summed E-state index contributed by atoms with van der Waals surface area (Å²) in [4.78, 5) is 5.10. The van der Waals surface area contributed by atoms with Crippen molar-refractivity contribution in [3.05, 3.63) is 5.84 Å². The van der Waals surface area contributed by atoms with E-state index in [2.05, 4.69) is 20.5 Å². The Labute approximate surface area is 136 Å². The molecule has 6 heteroatoms. The first-order valence-electron chi connectivity index (χ1n) is 6.93. The minimum atomic E-state index is 0. The normalized spacial score (nSPS) is 23.8. The Hall–Kier alpha value is 0.904. The summed E-state index contributed by atoms with van der Waals surface area (Å²) in [6.45, 7) is 10.3. The number of nitrogens with one attached hydrogen (secondary N) is 3. The molecule has 2 rings (SSSR count). The molecule has 2 saturated heterocycles. The standard InChI is InChI=1S/C12H26N5.Y/c13-15-5-10-16-6-1-12(2-7-16)11-17-8-3-14-4-9-17;/h12-15H,1-11H2;/q-1;. The molecule has 0 spiro atoms. The summed E-state index contributed by atoms with van der Waals surface area (Å²) in [7, 11) is 0. The van der Waals surface area contributed by atoms with Crippen LogP contribution in [0.3, 0.4) is 0 Å². The second-order valence-corrected chi connectivity index (χ2v) is 5.26. The van der Waals surface area contributed by atoms with Gasteiger partial charge in [0.15, 0.2) is 0 Å². The van der Waals surface area contributed by atoms with Crippen LogP contribution in [0.4, 0.5) is 0 Å². The van der Waals surface area contributed by atoms with Crippen molar-refractivity contribution in [3.8, 4) is 0 Å². The Kier molecular flexibility index (Phi) is 9.19. The largest absolute Gasteiger partial charge is 0.612 e. The molecule has 0 aromatic carbocycles. The van der Waals surface area contributed by atoms with E-state index >= 15 is 0 Å². The first-order chi connectivity index (χ1) is 8.38. The summed E-state index contributed by atoms with van der Waals surface area (Å²) >= 11 is 0. The number of rotatable bonds is 5. The molecule has 1 radical (unpaired) electrons. The smallest absolute Gasteiger partial charge is 0.0107 e. The molecule has 0 amide bonds. The Morgan fingerprint density at radius 3 is 2.33 bits per heavy atom. The minimum absolute atomic E-state index is 0. The SMILES string of the molecule is [NH-]NCCN1CCC(CN2CCNCC2)CC1.[Y]. The van der Waals surface area contributed by atoms with Crippen molar-refractivity contribution in [2.75, 3.05) is 58.9 Å². The summed E-state index contributed by atoms with van der Waals surface area (Å²) in [5.41, 5.74) is 2.49. The van der Waals surface area contributed by atoms with E-state index in [1.54, 1.807) is 0 Å². The van der Waals surface area contributed by atoms with Crippen molar-refractivity contribution in [1.82, 2.24) is 20.5 Å². The van der Waals surface area contributed by atoms with Gasteiger partial charge < -0.3 is 26.4 Å². The molecule has 0 aliphatic carbocycles. The fourth-order valence-corrected chi connectivity index (χ4v) is 2.87. The van der Waals surface area contributed by atoms with Crippen LogP contribution in [0.5, 0.6) is 0 Å². The number of piperidine rings is 1. The van der Waals surface area contributed by atoms with Gasteiger partial charge in [-0.25, -0.2) is 0 Å². The van der Waals surface area contributed by atoms with Crippen LogP contribution >= 0.6 is 0 Å². The molecule has 5 nitrogen and oxygen atoms in total. The maximum absolute atomic E-state index is 6.94. The third-order valence-electron chi connectivity index (χ3n) is 3.99. The van der Waals surface area contributed by atoms with Crippen LogP contribution < -0.4 is 10.7 Å². The number of likely N-dealkylation sites (tertiary alicyclic amines) is 1. The second-order valence-electron chi connectivity index (χ2n) is 5.26. The van der Waals surface area contributed by atoms with Gasteiger partial charge in [-0.2, -0.15) is 0 Å². The summed E-state index contributed by atoms with van der Waals surface area (Å²) in [6.07, 6.45) is 2.67. The van der Waals surface area contributed by atoms with Crippen LogP contribution in [-0.4, -0.2) is 68.7 Å². The molecule has 0 unspecified atom stereocenters. The van der Waals surface area contributed by atoms with Crippen molar-refractivity contribution < 1.29 is 32.7 Å². The van der Waals surface area contributed by atoms with E-state index in [9.17, 15) is 0 Å². The van der Waals surface area contributed by atoms with E-state index < -0.39 is 0 Å². The van der Waals surface area contributed by atoms with Crippen LogP contribution in [0.1, 0.15) is 12.8 Å². The average molecular weight is 329 g/mol. The van der Waals surface area contributed by atoms with Gasteiger partial charge in [-0.1, -0.05) is 0 Å². The van der Waals surface area contributed by atoms with Gasteiger partial charge >= 0.3 is 0 Å². The zero-order chi connectivity index (χ0) is 11.9. The molecule has 0 atom stereocenters. The maximum atomic E-state index is 6.94. The maximum Gasteiger partial charge on any atom is 0.0107 e. The van der Waals surface area contributed by atoms with Crippen LogP contribution in [0.25, 0.3) is 5.84 Å². The fraction of sp³-hybridized carbons (Fsp3) is 1.00. The fourth-order valence-electron chi connectivity index (χ4n) is 2.87. The molecule has 2 aliphatic rings. The van der Waals surface area contributed by atoms with Gasteiger partial charge in [0, 0.05) is 72.0 Å². The average Bonchev–Trinajstić information content (AvgIpc) is 2.39. The Morgan fingerprint density at radius 1 is 1.06 bits per heavy atom. The summed E-state index contributed by atoms with van der Waals surface area (Å²) in [6, 6.07) is 0. The van der Waals surface area contributed by atoms with Gasteiger partial charge in [0.25, 0.3) is 0 Å². The first kappa shape index (κ1) is 17.0. The monoisotopic (exact) mass is 329 g/mol. The van der Waals surface area contributed by atoms with Gasteiger partial charge in [0.1, 0.15) is 0 Å². The molecule has 103 valence electrons. The quantitative estimate of drug-likeness (QED) is 0.706. The van der Waals surface area contributed by atoms with E-state index in [1.165, 1.54) is 45.6 Å². The molecule has 2 fully saturated rings. The van der Waals surface area contributed by atoms with E-state index in [4.69, 9.17) is 5.84 Å². The van der Waals surface area contributed by atoms with Crippen molar-refractivity contribution >= 4 is 0 Å². The van der Waals surface area contributed by atoms with Gasteiger partial charge in [-0.05, 0) is 38.4 Å². The topological polar surface area (TPSA) is 54.3 Å². The van der Waals surface area contributed by atoms with Crippen LogP contribution in [0, 0.1) is 5.92 Å². The Balaban J connectivity index is 0.00000162. The van der Waals surface area contributed by atoms with E-state index in [-0.39, 0.29) is 32.7 Å². The van der Waals surface area contributed by atoms with Gasteiger partial charge in [-0.15, -0.1) is 0 Å². The van der Waals surface area contributed by atoms with Crippen molar-refractivity contribution in [2.24, 2.45) is 5.92 Å². The second kappa shape index (κ2) is 9.75. The van der Waals surface area contributed by atoms with Crippen molar-refractivity contribution in [2.45, 2.75) is 12.8 Å². The van der Waals surface area contributed by atoms with Crippen LogP contribution in [0.15, 0.2) is 0 Å². The third kappa shape index (κ3) is 5.91. The van der Waals surface area contributed by atoms with Gasteiger partial charge in [0.05, 0.1) is 0 Å². The summed E-state index contributed by atoms with van der Waals surface area (Å²) in [5, 5.41) is 3.41. The van der Waals surface area contributed by atoms with Gasteiger partial charge in [-0.3, -0.25) is 0 Å². The molecule has 0 saturated carbocycles. The van der Waals surface area contributed by atoms with Crippen LogP contribution in [-0.2, 0) is 32.7 Å². The first-order valence-corrected chi connectivity index (χ1v) is 6.93. The molecule has 0 bridgehead atoms. The predicted molar refractivity (Wildman–Crippen MR) is 70.8 cm³/mol. The van der Waals surface area contributed by atoms with Gasteiger partial charge in [0.2, 0.25) is 0 Å². The molecule has 2 heterocycles. The zero-order valence-corrected chi connectivity index (χ0v) is 14.2. The number of hydrogen-bond acceptors (Lipinski definition) is 4. The molecular weight excluding hydrogens is 303 g/mol. The number of nitrogens with zero attached hydrogens (tertiary/aromatic N) is 2. The zero-order valence-electron chi connectivity index (χ0n) is 11.3. The molecular formula is C12H26N5Y-. The number of piperazine rings is 1. The van der Waals surface area contributed by atoms with E-state index in [0.717, 1.165) is 32.1 Å². The molecule has 0 aromatic rings. The minimum Gasteiger partial charge on any atom is -0.612 e. The van der Waals surface area contributed by atoms with Crippen molar-refractivity contribution in [3.63, 3.8) is 0 Å². The van der Waals surface area contributed by atoms with Crippen molar-refractivity contribution in [1.29, 1.82) is 0 Å². The summed E-state index contributed by atoms with van der Waals surface area (Å²) in [5.74, 6) is 7.84. The Morgan fingerprint density at radius 2 is 1.72 bits per heavy atom. The number of hydrogen-bond donors (Lipinski definition) is 2.